The molecule has 1 heterocycles. The van der Waals surface area contributed by atoms with Crippen LogP contribution in [0, 0.1) is 0 Å². The van der Waals surface area contributed by atoms with Gasteiger partial charge in [-0.25, -0.2) is 0 Å². The largest absolute Gasteiger partial charge is 0.496 e. The summed E-state index contributed by atoms with van der Waals surface area (Å²) in [5.74, 6) is -0.456. The molecular formula is C18H16BrNO4. The van der Waals surface area contributed by atoms with Crippen LogP contribution in [-0.2, 0) is 10.4 Å². The molecule has 1 amide bonds. The van der Waals surface area contributed by atoms with Crippen LogP contribution in [0.1, 0.15) is 22.3 Å². The van der Waals surface area contributed by atoms with Crippen LogP contribution in [0.4, 0.5) is 5.69 Å². The molecule has 3 rings (SSSR count). The van der Waals surface area contributed by atoms with E-state index < -0.39 is 11.5 Å². The van der Waals surface area contributed by atoms with Gasteiger partial charge in [0.25, 0.3) is 5.91 Å². The Morgan fingerprint density at radius 2 is 2.00 bits per heavy atom. The number of rotatable bonds is 4. The minimum Gasteiger partial charge on any atom is -0.496 e. The molecule has 0 saturated heterocycles. The van der Waals surface area contributed by atoms with E-state index in [2.05, 4.69) is 15.9 Å². The Morgan fingerprint density at radius 1 is 1.29 bits per heavy atom. The zero-order valence-corrected chi connectivity index (χ0v) is 14.8. The fourth-order valence-electron chi connectivity index (χ4n) is 3.01. The van der Waals surface area contributed by atoms with Crippen LogP contribution < -0.4 is 9.64 Å². The van der Waals surface area contributed by atoms with Gasteiger partial charge in [0.15, 0.2) is 11.4 Å². The van der Waals surface area contributed by atoms with Gasteiger partial charge in [0, 0.05) is 17.1 Å². The van der Waals surface area contributed by atoms with Gasteiger partial charge in [-0.15, -0.1) is 0 Å². The molecule has 0 saturated carbocycles. The lowest BCUT2D eigenvalue weighted by Crippen LogP contribution is -2.40. The van der Waals surface area contributed by atoms with E-state index in [1.54, 1.807) is 49.5 Å². The van der Waals surface area contributed by atoms with E-state index >= 15 is 0 Å². The molecule has 0 fully saturated rings. The minimum atomic E-state index is -1.88. The Hall–Kier alpha value is -2.18. The first kappa shape index (κ1) is 16.7. The predicted octanol–water partition coefficient (Wildman–Crippen LogP) is 2.89. The number of nitrogens with zero attached hydrogens (tertiary/aromatic N) is 1. The maximum absolute atomic E-state index is 12.7. The topological polar surface area (TPSA) is 66.8 Å². The number of halogens is 1. The highest BCUT2D eigenvalue weighted by molar-refractivity contribution is 9.10. The summed E-state index contributed by atoms with van der Waals surface area (Å²) in [6.07, 6.45) is -0.347. The molecule has 1 N–H and O–H groups in total. The van der Waals surface area contributed by atoms with Gasteiger partial charge in [-0.05, 0) is 30.3 Å². The zero-order chi connectivity index (χ0) is 17.5. The van der Waals surface area contributed by atoms with E-state index in [1.807, 2.05) is 0 Å². The quantitative estimate of drug-likeness (QED) is 0.816. The van der Waals surface area contributed by atoms with Gasteiger partial charge in [-0.3, -0.25) is 9.59 Å². The van der Waals surface area contributed by atoms with Crippen LogP contribution >= 0.6 is 15.9 Å². The summed E-state index contributed by atoms with van der Waals surface area (Å²) in [6.45, 7) is 0. The average molecular weight is 390 g/mol. The van der Waals surface area contributed by atoms with Gasteiger partial charge in [0.05, 0.1) is 24.8 Å². The Bertz CT molecular complexity index is 836. The van der Waals surface area contributed by atoms with Crippen molar-refractivity contribution in [2.75, 3.05) is 19.1 Å². The lowest BCUT2D eigenvalue weighted by atomic mass is 9.88. The van der Waals surface area contributed by atoms with Crippen LogP contribution in [0.25, 0.3) is 0 Å². The number of ketones is 1. The zero-order valence-electron chi connectivity index (χ0n) is 13.2. The first-order valence-electron chi connectivity index (χ1n) is 7.35. The van der Waals surface area contributed by atoms with Crippen LogP contribution in [0.3, 0.4) is 0 Å². The second-order valence-corrected chi connectivity index (χ2v) is 6.60. The SMILES string of the molecule is COc1ccccc1C(=O)C[C@]1(O)C(=O)N(C)c2ccc(Br)cc21. The summed E-state index contributed by atoms with van der Waals surface area (Å²) >= 11 is 3.34. The fourth-order valence-corrected chi connectivity index (χ4v) is 3.37. The number of hydrogen-bond donors (Lipinski definition) is 1. The Labute approximate surface area is 148 Å². The van der Waals surface area contributed by atoms with E-state index in [0.717, 1.165) is 4.47 Å². The number of methoxy groups -OCH3 is 1. The molecule has 1 atom stereocenters. The van der Waals surface area contributed by atoms with Gasteiger partial charge in [-0.1, -0.05) is 28.1 Å². The number of carbonyl (C=O) groups is 2. The van der Waals surface area contributed by atoms with Crippen molar-refractivity contribution in [3.05, 3.63) is 58.1 Å². The Kier molecular flexibility index (Phi) is 4.19. The molecule has 0 bridgehead atoms. The second-order valence-electron chi connectivity index (χ2n) is 5.69. The standard InChI is InChI=1S/C18H16BrNO4/c1-20-14-8-7-11(19)9-13(14)18(23,17(20)22)10-15(21)12-5-3-4-6-16(12)24-2/h3-9,23H,10H2,1-2H3/t18-/m1/s1. The van der Waals surface area contributed by atoms with Crippen molar-refractivity contribution in [3.8, 4) is 5.75 Å². The van der Waals surface area contributed by atoms with Crippen molar-refractivity contribution in [3.63, 3.8) is 0 Å². The number of carbonyl (C=O) groups excluding carboxylic acids is 2. The smallest absolute Gasteiger partial charge is 0.263 e. The normalized spacial score (nSPS) is 19.3. The highest BCUT2D eigenvalue weighted by atomic mass is 79.9. The Balaban J connectivity index is 2.02. The van der Waals surface area contributed by atoms with Crippen molar-refractivity contribution >= 4 is 33.3 Å². The number of anilines is 1. The summed E-state index contributed by atoms with van der Waals surface area (Å²) in [5, 5.41) is 11.0. The van der Waals surface area contributed by atoms with E-state index in [-0.39, 0.29) is 12.2 Å². The van der Waals surface area contributed by atoms with Gasteiger partial charge in [0.1, 0.15) is 5.75 Å². The summed E-state index contributed by atoms with van der Waals surface area (Å²) in [6, 6.07) is 12.0. The van der Waals surface area contributed by atoms with Crippen molar-refractivity contribution in [2.45, 2.75) is 12.0 Å². The lowest BCUT2D eigenvalue weighted by molar-refractivity contribution is -0.135. The van der Waals surface area contributed by atoms with Crippen molar-refractivity contribution in [1.29, 1.82) is 0 Å². The summed E-state index contributed by atoms with van der Waals surface area (Å²) in [4.78, 5) is 26.7. The molecule has 5 nitrogen and oxygen atoms in total. The number of fused-ring (bicyclic) bond motifs is 1. The number of benzene rings is 2. The summed E-state index contributed by atoms with van der Waals surface area (Å²) in [5.41, 5.74) is -0.523. The molecule has 0 aromatic heterocycles. The molecule has 2 aromatic carbocycles. The molecule has 0 aliphatic carbocycles. The van der Waals surface area contributed by atoms with Crippen molar-refractivity contribution < 1.29 is 19.4 Å². The molecule has 24 heavy (non-hydrogen) atoms. The molecule has 2 aromatic rings. The highest BCUT2D eigenvalue weighted by Crippen LogP contribution is 2.43. The first-order chi connectivity index (χ1) is 11.4. The van der Waals surface area contributed by atoms with Crippen LogP contribution in [0.15, 0.2) is 46.9 Å². The first-order valence-corrected chi connectivity index (χ1v) is 8.14. The highest BCUT2D eigenvalue weighted by Gasteiger charge is 2.50. The number of hydrogen-bond acceptors (Lipinski definition) is 4. The van der Waals surface area contributed by atoms with Crippen LogP contribution in [0.2, 0.25) is 0 Å². The number of aliphatic hydroxyl groups is 1. The Morgan fingerprint density at radius 3 is 2.71 bits per heavy atom. The van der Waals surface area contributed by atoms with Gasteiger partial charge >= 0.3 is 0 Å². The lowest BCUT2D eigenvalue weighted by Gasteiger charge is -2.21. The number of amides is 1. The fraction of sp³-hybridized carbons (Fsp3) is 0.222. The molecule has 0 unspecified atom stereocenters. The monoisotopic (exact) mass is 389 g/mol. The molecule has 0 spiro atoms. The van der Waals surface area contributed by atoms with E-state index in [9.17, 15) is 14.7 Å². The molecule has 6 heteroatoms. The number of Topliss-reactive ketones (excluding diaryl/α,β-unsaturated/α-hetero) is 1. The van der Waals surface area contributed by atoms with E-state index in [1.165, 1.54) is 12.0 Å². The molecule has 1 aliphatic heterocycles. The number of ether oxygens (including phenoxy) is 1. The second kappa shape index (κ2) is 6.03. The van der Waals surface area contributed by atoms with E-state index in [4.69, 9.17) is 4.74 Å². The molecule has 1 aliphatic rings. The maximum atomic E-state index is 12.7. The van der Waals surface area contributed by atoms with Gasteiger partial charge in [0.2, 0.25) is 0 Å². The van der Waals surface area contributed by atoms with Gasteiger partial charge < -0.3 is 14.7 Å². The molecule has 124 valence electrons. The summed E-state index contributed by atoms with van der Waals surface area (Å²) in [7, 11) is 3.06. The molecule has 0 radical (unpaired) electrons. The number of likely N-dealkylation sites (N-methyl/N-ethyl adjacent to an activating group) is 1. The number of para-hydroxylation sites is 1. The summed E-state index contributed by atoms with van der Waals surface area (Å²) < 4.78 is 5.92. The molecular weight excluding hydrogens is 374 g/mol. The van der Waals surface area contributed by atoms with Gasteiger partial charge in [-0.2, -0.15) is 0 Å². The van der Waals surface area contributed by atoms with Crippen molar-refractivity contribution in [2.24, 2.45) is 0 Å². The third-order valence-electron chi connectivity index (χ3n) is 4.25. The minimum absolute atomic E-state index is 0.340. The van der Waals surface area contributed by atoms with Crippen molar-refractivity contribution in [1.82, 2.24) is 0 Å². The average Bonchev–Trinajstić information content (AvgIpc) is 2.76. The third-order valence-corrected chi connectivity index (χ3v) is 4.74. The van der Waals surface area contributed by atoms with Crippen LogP contribution in [-0.4, -0.2) is 31.0 Å². The van der Waals surface area contributed by atoms with E-state index in [0.29, 0.717) is 22.6 Å². The van der Waals surface area contributed by atoms with Crippen LogP contribution in [0.5, 0.6) is 5.75 Å². The predicted molar refractivity (Wildman–Crippen MR) is 93.4 cm³/mol. The third kappa shape index (κ3) is 2.52. The maximum Gasteiger partial charge on any atom is 0.263 e.